The van der Waals surface area contributed by atoms with Crippen LogP contribution in [0.1, 0.15) is 12.8 Å². The molecule has 1 saturated heterocycles. The number of carbonyl (C=O) groups is 1. The van der Waals surface area contributed by atoms with Gasteiger partial charge in [0, 0.05) is 25.9 Å². The van der Waals surface area contributed by atoms with Crippen molar-refractivity contribution < 1.29 is 9.53 Å². The topological polar surface area (TPSA) is 32.8 Å². The molecule has 2 rings (SSSR count). The molecule has 0 bridgehead atoms. The van der Waals surface area contributed by atoms with Gasteiger partial charge >= 0.3 is 0 Å². The van der Waals surface area contributed by atoms with Crippen LogP contribution in [-0.2, 0) is 9.53 Å². The van der Waals surface area contributed by atoms with Gasteiger partial charge in [-0.25, -0.2) is 5.01 Å². The minimum Gasteiger partial charge on any atom is -0.478 e. The SMILES string of the molecule is O=C1CCN(N2C=COC2)CC1. The van der Waals surface area contributed by atoms with Crippen molar-refractivity contribution in [1.29, 1.82) is 0 Å². The number of nitrogens with zero attached hydrogens (tertiary/aromatic N) is 2. The lowest BCUT2D eigenvalue weighted by Gasteiger charge is -2.32. The zero-order chi connectivity index (χ0) is 8.39. The number of piperidine rings is 1. The molecular weight excluding hydrogens is 156 g/mol. The number of hydrazine groups is 1. The van der Waals surface area contributed by atoms with Gasteiger partial charge in [0.25, 0.3) is 0 Å². The highest BCUT2D eigenvalue weighted by Gasteiger charge is 2.21. The molecule has 0 aromatic carbocycles. The van der Waals surface area contributed by atoms with Gasteiger partial charge in [0.15, 0.2) is 6.73 Å². The van der Waals surface area contributed by atoms with Crippen LogP contribution in [-0.4, -0.2) is 35.6 Å². The summed E-state index contributed by atoms with van der Waals surface area (Å²) in [4.78, 5) is 10.9. The molecule has 66 valence electrons. The van der Waals surface area contributed by atoms with Gasteiger partial charge < -0.3 is 4.74 Å². The van der Waals surface area contributed by atoms with E-state index in [1.54, 1.807) is 6.26 Å². The van der Waals surface area contributed by atoms with Crippen molar-refractivity contribution in [2.24, 2.45) is 0 Å². The molecule has 4 nitrogen and oxygen atoms in total. The summed E-state index contributed by atoms with van der Waals surface area (Å²) in [7, 11) is 0. The molecule has 0 N–H and O–H groups in total. The lowest BCUT2D eigenvalue weighted by Crippen LogP contribution is -2.43. The van der Waals surface area contributed by atoms with Crippen LogP contribution >= 0.6 is 0 Å². The maximum Gasteiger partial charge on any atom is 0.173 e. The molecule has 0 amide bonds. The Labute approximate surface area is 71.4 Å². The van der Waals surface area contributed by atoms with Crippen LogP contribution in [0.3, 0.4) is 0 Å². The van der Waals surface area contributed by atoms with Gasteiger partial charge in [-0.1, -0.05) is 0 Å². The van der Waals surface area contributed by atoms with Crippen LogP contribution < -0.4 is 0 Å². The van der Waals surface area contributed by atoms with Crippen LogP contribution in [0.4, 0.5) is 0 Å². The second kappa shape index (κ2) is 3.15. The molecule has 4 heteroatoms. The van der Waals surface area contributed by atoms with Crippen molar-refractivity contribution in [1.82, 2.24) is 10.0 Å². The Balaban J connectivity index is 1.88. The number of Topliss-reactive ketones (excluding diaryl/α,β-unsaturated/α-hetero) is 1. The molecule has 0 aromatic rings. The fraction of sp³-hybridized carbons (Fsp3) is 0.625. The lowest BCUT2D eigenvalue weighted by molar-refractivity contribution is -0.126. The maximum absolute atomic E-state index is 10.9. The molecule has 2 aliphatic rings. The van der Waals surface area contributed by atoms with Gasteiger partial charge in [0.05, 0.1) is 6.20 Å². The lowest BCUT2D eigenvalue weighted by atomic mass is 10.1. The average Bonchev–Trinajstić information content (AvgIpc) is 2.58. The smallest absolute Gasteiger partial charge is 0.173 e. The summed E-state index contributed by atoms with van der Waals surface area (Å²) >= 11 is 0. The third-order valence-corrected chi connectivity index (χ3v) is 2.20. The average molecular weight is 168 g/mol. The molecule has 1 fully saturated rings. The zero-order valence-corrected chi connectivity index (χ0v) is 6.90. The quantitative estimate of drug-likeness (QED) is 0.564. The Morgan fingerprint density at radius 1 is 1.33 bits per heavy atom. The monoisotopic (exact) mass is 168 g/mol. The van der Waals surface area contributed by atoms with E-state index in [2.05, 4.69) is 5.01 Å². The summed E-state index contributed by atoms with van der Waals surface area (Å²) in [5.41, 5.74) is 0. The first-order valence-electron chi connectivity index (χ1n) is 4.18. The third-order valence-electron chi connectivity index (χ3n) is 2.20. The standard InChI is InChI=1S/C8H12N2O2/c11-8-1-3-9(4-2-8)10-5-6-12-7-10/h5-6H,1-4,7H2. The first-order chi connectivity index (χ1) is 5.86. The van der Waals surface area contributed by atoms with E-state index in [9.17, 15) is 4.79 Å². The highest BCUT2D eigenvalue weighted by molar-refractivity contribution is 5.79. The molecule has 2 aliphatic heterocycles. The minimum atomic E-state index is 0.371. The van der Waals surface area contributed by atoms with Gasteiger partial charge in [0.1, 0.15) is 12.0 Å². The van der Waals surface area contributed by atoms with Crippen LogP contribution in [0.5, 0.6) is 0 Å². The van der Waals surface area contributed by atoms with Crippen molar-refractivity contribution >= 4 is 5.78 Å². The number of hydrogen-bond acceptors (Lipinski definition) is 4. The summed E-state index contributed by atoms with van der Waals surface area (Å²) in [5.74, 6) is 0.371. The zero-order valence-electron chi connectivity index (χ0n) is 6.90. The Hall–Kier alpha value is -1.03. The fourth-order valence-corrected chi connectivity index (χ4v) is 1.45. The highest BCUT2D eigenvalue weighted by Crippen LogP contribution is 2.12. The van der Waals surface area contributed by atoms with Gasteiger partial charge in [-0.05, 0) is 0 Å². The van der Waals surface area contributed by atoms with Gasteiger partial charge in [-0.15, -0.1) is 0 Å². The van der Waals surface area contributed by atoms with Gasteiger partial charge in [-0.3, -0.25) is 9.80 Å². The molecule has 0 unspecified atom stereocenters. The fourth-order valence-electron chi connectivity index (χ4n) is 1.45. The Morgan fingerprint density at radius 2 is 2.08 bits per heavy atom. The number of ether oxygens (including phenoxy) is 1. The van der Waals surface area contributed by atoms with E-state index in [4.69, 9.17) is 4.74 Å². The largest absolute Gasteiger partial charge is 0.478 e. The molecule has 12 heavy (non-hydrogen) atoms. The summed E-state index contributed by atoms with van der Waals surface area (Å²) in [6.45, 7) is 2.24. The van der Waals surface area contributed by atoms with Crippen molar-refractivity contribution in [2.75, 3.05) is 19.8 Å². The highest BCUT2D eigenvalue weighted by atomic mass is 16.5. The molecule has 0 aromatic heterocycles. The van der Waals surface area contributed by atoms with Gasteiger partial charge in [-0.2, -0.15) is 0 Å². The molecular formula is C8H12N2O2. The van der Waals surface area contributed by atoms with E-state index in [0.29, 0.717) is 25.4 Å². The van der Waals surface area contributed by atoms with Crippen LogP contribution in [0, 0.1) is 0 Å². The minimum absolute atomic E-state index is 0.371. The second-order valence-electron chi connectivity index (χ2n) is 3.01. The molecule has 0 atom stereocenters. The first kappa shape index (κ1) is 7.61. The number of carbonyl (C=O) groups excluding carboxylic acids is 1. The van der Waals surface area contributed by atoms with Gasteiger partial charge in [0.2, 0.25) is 0 Å². The van der Waals surface area contributed by atoms with Crippen molar-refractivity contribution in [3.8, 4) is 0 Å². The number of ketones is 1. The normalized spacial score (nSPS) is 24.7. The summed E-state index contributed by atoms with van der Waals surface area (Å²) in [6, 6.07) is 0. The van der Waals surface area contributed by atoms with Crippen molar-refractivity contribution in [2.45, 2.75) is 12.8 Å². The third kappa shape index (κ3) is 1.43. The number of hydrogen-bond donors (Lipinski definition) is 0. The van der Waals surface area contributed by atoms with E-state index >= 15 is 0 Å². The van der Waals surface area contributed by atoms with E-state index in [-0.39, 0.29) is 0 Å². The summed E-state index contributed by atoms with van der Waals surface area (Å²) in [6.07, 6.45) is 4.92. The van der Waals surface area contributed by atoms with E-state index < -0.39 is 0 Å². The molecule has 0 radical (unpaired) electrons. The van der Waals surface area contributed by atoms with Crippen LogP contribution in [0.15, 0.2) is 12.5 Å². The van der Waals surface area contributed by atoms with Crippen LogP contribution in [0.2, 0.25) is 0 Å². The van der Waals surface area contributed by atoms with E-state index in [1.807, 2.05) is 11.2 Å². The maximum atomic E-state index is 10.9. The van der Waals surface area contributed by atoms with E-state index in [0.717, 1.165) is 13.1 Å². The molecule has 0 spiro atoms. The first-order valence-corrected chi connectivity index (χ1v) is 4.18. The summed E-state index contributed by atoms with van der Waals surface area (Å²) < 4.78 is 5.06. The Kier molecular flexibility index (Phi) is 1.99. The molecule has 2 heterocycles. The predicted molar refractivity (Wildman–Crippen MR) is 42.7 cm³/mol. The van der Waals surface area contributed by atoms with E-state index in [1.165, 1.54) is 0 Å². The van der Waals surface area contributed by atoms with Crippen molar-refractivity contribution in [3.63, 3.8) is 0 Å². The van der Waals surface area contributed by atoms with Crippen molar-refractivity contribution in [3.05, 3.63) is 12.5 Å². The molecule has 0 aliphatic carbocycles. The second-order valence-corrected chi connectivity index (χ2v) is 3.01. The molecule has 0 saturated carbocycles. The Morgan fingerprint density at radius 3 is 2.67 bits per heavy atom. The predicted octanol–water partition coefficient (Wildman–Crippen LogP) is 0.327. The Bertz CT molecular complexity index is 205. The summed E-state index contributed by atoms with van der Waals surface area (Å²) in [5, 5.41) is 4.15. The van der Waals surface area contributed by atoms with Crippen LogP contribution in [0.25, 0.3) is 0 Å². The number of rotatable bonds is 1.